The fourth-order valence-corrected chi connectivity index (χ4v) is 6.85. The average molecular weight is 563 g/mol. The summed E-state index contributed by atoms with van der Waals surface area (Å²) in [5.41, 5.74) is 4.96. The van der Waals surface area contributed by atoms with E-state index in [2.05, 4.69) is 126 Å². The van der Waals surface area contributed by atoms with Gasteiger partial charge in [-0.25, -0.2) is 4.98 Å². The van der Waals surface area contributed by atoms with Crippen LogP contribution in [0.25, 0.3) is 93.3 Å². The fraction of sp³-hybridized carbons (Fsp3) is 0. The van der Waals surface area contributed by atoms with Crippen LogP contribution in [-0.2, 0) is 0 Å². The second-order valence-electron chi connectivity index (χ2n) is 11.3. The SMILES string of the molecule is c1cc2cc(c1)c1ccccc1c1ccc3oc4cccc(c5nc(-n6c7ccccc7c7ccccc76)nc2n5)c4c3c1. The molecule has 0 saturated carbocycles. The van der Waals surface area contributed by atoms with Gasteiger partial charge in [0.05, 0.1) is 11.0 Å². The summed E-state index contributed by atoms with van der Waals surface area (Å²) in [6.45, 7) is 0. The molecule has 0 radical (unpaired) electrons. The Bertz CT molecular complexity index is 2790. The van der Waals surface area contributed by atoms with E-state index < -0.39 is 0 Å². The third kappa shape index (κ3) is 3.26. The number of fused-ring (bicyclic) bond motifs is 13. The highest BCUT2D eigenvalue weighted by atomic mass is 16.3. The molecule has 204 valence electrons. The van der Waals surface area contributed by atoms with E-state index in [-0.39, 0.29) is 0 Å². The first-order chi connectivity index (χ1) is 21.8. The lowest BCUT2D eigenvalue weighted by Crippen LogP contribution is -2.03. The summed E-state index contributed by atoms with van der Waals surface area (Å²) in [6, 6.07) is 46.5. The van der Waals surface area contributed by atoms with Gasteiger partial charge in [0.15, 0.2) is 11.3 Å². The van der Waals surface area contributed by atoms with Gasteiger partial charge in [-0.15, -0.1) is 0 Å². The summed E-state index contributed by atoms with van der Waals surface area (Å²) < 4.78 is 8.54. The van der Waals surface area contributed by atoms with Crippen molar-refractivity contribution in [1.82, 2.24) is 19.5 Å². The van der Waals surface area contributed by atoms with E-state index in [1.807, 2.05) is 12.1 Å². The van der Waals surface area contributed by atoms with Crippen molar-refractivity contribution in [3.63, 3.8) is 0 Å². The first-order valence-electron chi connectivity index (χ1n) is 14.7. The van der Waals surface area contributed by atoms with Crippen molar-refractivity contribution in [2.24, 2.45) is 0 Å². The standard InChI is InChI=1S/C39H22N4O/c1-2-12-27-24-19-20-34-31(22-24)36-30(15-8-18-35(36)44-34)38-40-37(25-10-7-9-23(21-25)26(27)11-1)41-39(42-38)43-32-16-5-3-13-28(32)29-14-4-6-17-33(29)43/h1-22H. The molecule has 10 aromatic rings. The minimum atomic E-state index is 0.577. The number of nitrogens with zero attached hydrogens (tertiary/aromatic N) is 4. The number of hydrogen-bond acceptors (Lipinski definition) is 4. The fourth-order valence-electron chi connectivity index (χ4n) is 6.85. The predicted octanol–water partition coefficient (Wildman–Crippen LogP) is 10.0. The van der Waals surface area contributed by atoms with E-state index in [1.165, 1.54) is 0 Å². The molecular formula is C39H22N4O. The van der Waals surface area contributed by atoms with Crippen molar-refractivity contribution in [2.45, 2.75) is 0 Å². The molecule has 6 aromatic carbocycles. The Hall–Kier alpha value is -6.07. The molecule has 4 heterocycles. The van der Waals surface area contributed by atoms with Crippen molar-refractivity contribution in [1.29, 1.82) is 0 Å². The maximum absolute atomic E-state index is 6.39. The maximum atomic E-state index is 6.39. The smallest absolute Gasteiger partial charge is 0.238 e. The lowest BCUT2D eigenvalue weighted by atomic mass is 10.0. The molecular weight excluding hydrogens is 540 g/mol. The van der Waals surface area contributed by atoms with Gasteiger partial charge in [0.1, 0.15) is 11.2 Å². The summed E-state index contributed by atoms with van der Waals surface area (Å²) in [5, 5.41) is 10.7. The van der Waals surface area contributed by atoms with Gasteiger partial charge >= 0.3 is 0 Å². The van der Waals surface area contributed by atoms with Gasteiger partial charge in [0, 0.05) is 32.3 Å². The highest BCUT2D eigenvalue weighted by Crippen LogP contribution is 2.36. The molecule has 6 bridgehead atoms. The predicted molar refractivity (Wildman–Crippen MR) is 180 cm³/mol. The van der Waals surface area contributed by atoms with Crippen LogP contribution in [0.15, 0.2) is 138 Å². The number of benzene rings is 6. The second-order valence-corrected chi connectivity index (χ2v) is 11.3. The Morgan fingerprint density at radius 1 is 0.409 bits per heavy atom. The van der Waals surface area contributed by atoms with E-state index in [0.717, 1.165) is 76.1 Å². The molecule has 5 nitrogen and oxygen atoms in total. The lowest BCUT2D eigenvalue weighted by molar-refractivity contribution is 0.669. The van der Waals surface area contributed by atoms with Gasteiger partial charge in [-0.1, -0.05) is 97.1 Å². The molecule has 4 aromatic heterocycles. The molecule has 0 fully saturated rings. The molecule has 0 saturated heterocycles. The van der Waals surface area contributed by atoms with Gasteiger partial charge < -0.3 is 4.42 Å². The molecule has 10 rings (SSSR count). The quantitative estimate of drug-likeness (QED) is 0.200. The van der Waals surface area contributed by atoms with E-state index in [9.17, 15) is 0 Å². The summed E-state index contributed by atoms with van der Waals surface area (Å²) in [6.07, 6.45) is 0. The average Bonchev–Trinajstić information content (AvgIpc) is 3.63. The van der Waals surface area contributed by atoms with Crippen LogP contribution in [0.5, 0.6) is 0 Å². The molecule has 0 spiro atoms. The van der Waals surface area contributed by atoms with E-state index in [4.69, 9.17) is 19.4 Å². The Labute approximate surface area is 250 Å². The zero-order valence-corrected chi connectivity index (χ0v) is 23.4. The van der Waals surface area contributed by atoms with E-state index in [0.29, 0.717) is 17.2 Å². The Kier molecular flexibility index (Phi) is 4.66. The zero-order valence-electron chi connectivity index (χ0n) is 23.4. The minimum absolute atomic E-state index is 0.577. The Morgan fingerprint density at radius 2 is 1.02 bits per heavy atom. The number of hydrogen-bond donors (Lipinski definition) is 0. The van der Waals surface area contributed by atoms with Crippen LogP contribution in [0, 0.1) is 0 Å². The monoisotopic (exact) mass is 562 g/mol. The largest absolute Gasteiger partial charge is 0.456 e. The third-order valence-corrected chi connectivity index (χ3v) is 8.81. The molecule has 0 unspecified atom stereocenters. The Morgan fingerprint density at radius 3 is 1.80 bits per heavy atom. The van der Waals surface area contributed by atoms with Crippen LogP contribution in [0.2, 0.25) is 0 Å². The minimum Gasteiger partial charge on any atom is -0.456 e. The molecule has 5 heteroatoms. The van der Waals surface area contributed by atoms with Gasteiger partial charge in [0.25, 0.3) is 0 Å². The summed E-state index contributed by atoms with van der Waals surface area (Å²) in [7, 11) is 0. The van der Waals surface area contributed by atoms with Crippen LogP contribution >= 0.6 is 0 Å². The highest BCUT2D eigenvalue weighted by Gasteiger charge is 2.17. The topological polar surface area (TPSA) is 56.7 Å². The molecule has 0 aliphatic rings. The number of furan rings is 1. The van der Waals surface area contributed by atoms with Gasteiger partial charge in [-0.3, -0.25) is 4.57 Å². The number of rotatable bonds is 1. The van der Waals surface area contributed by atoms with E-state index in [1.54, 1.807) is 0 Å². The molecule has 0 atom stereocenters. The second kappa shape index (κ2) is 8.72. The molecule has 0 amide bonds. The van der Waals surface area contributed by atoms with Crippen molar-refractivity contribution >= 4 is 87.4 Å². The van der Waals surface area contributed by atoms with Crippen molar-refractivity contribution in [2.75, 3.05) is 0 Å². The normalized spacial score (nSPS) is 12.1. The maximum Gasteiger partial charge on any atom is 0.238 e. The molecule has 0 aliphatic carbocycles. The Balaban J connectivity index is 1.49. The van der Waals surface area contributed by atoms with Gasteiger partial charge in [-0.2, -0.15) is 9.97 Å². The van der Waals surface area contributed by atoms with Crippen molar-refractivity contribution in [3.8, 4) is 5.95 Å². The van der Waals surface area contributed by atoms with Crippen molar-refractivity contribution in [3.05, 3.63) is 133 Å². The van der Waals surface area contributed by atoms with E-state index >= 15 is 0 Å². The van der Waals surface area contributed by atoms with Crippen LogP contribution in [0.1, 0.15) is 0 Å². The first-order valence-corrected chi connectivity index (χ1v) is 14.7. The first kappa shape index (κ1) is 23.5. The molecule has 0 aliphatic heterocycles. The summed E-state index contributed by atoms with van der Waals surface area (Å²) in [5.74, 6) is 0.577. The third-order valence-electron chi connectivity index (χ3n) is 8.81. The number of aromatic nitrogens is 4. The number of para-hydroxylation sites is 2. The van der Waals surface area contributed by atoms with Gasteiger partial charge in [0.2, 0.25) is 5.95 Å². The highest BCUT2D eigenvalue weighted by molar-refractivity contribution is 6.19. The summed E-state index contributed by atoms with van der Waals surface area (Å²) in [4.78, 5) is 15.5. The zero-order chi connectivity index (χ0) is 28.8. The molecule has 44 heavy (non-hydrogen) atoms. The van der Waals surface area contributed by atoms with Crippen LogP contribution in [0.4, 0.5) is 0 Å². The molecule has 0 N–H and O–H groups in total. The lowest BCUT2D eigenvalue weighted by Gasteiger charge is -2.07. The summed E-state index contributed by atoms with van der Waals surface area (Å²) >= 11 is 0. The van der Waals surface area contributed by atoms with Crippen LogP contribution in [-0.4, -0.2) is 19.5 Å². The van der Waals surface area contributed by atoms with Crippen molar-refractivity contribution < 1.29 is 4.42 Å². The van der Waals surface area contributed by atoms with Gasteiger partial charge in [-0.05, 0) is 57.9 Å². The van der Waals surface area contributed by atoms with Crippen LogP contribution in [0.3, 0.4) is 0 Å². The van der Waals surface area contributed by atoms with Crippen LogP contribution < -0.4 is 0 Å².